The molecular weight excluding hydrogens is 330 g/mol. The lowest BCUT2D eigenvalue weighted by Gasteiger charge is -2.28. The maximum atomic E-state index is 12.6. The van der Waals surface area contributed by atoms with Gasteiger partial charge in [-0.2, -0.15) is 0 Å². The highest BCUT2D eigenvalue weighted by Gasteiger charge is 2.38. The van der Waals surface area contributed by atoms with Gasteiger partial charge >= 0.3 is 5.97 Å². The maximum absolute atomic E-state index is 12.6. The monoisotopic (exact) mass is 353 g/mol. The van der Waals surface area contributed by atoms with Gasteiger partial charge in [0.2, 0.25) is 11.8 Å². The van der Waals surface area contributed by atoms with Crippen molar-refractivity contribution in [1.82, 2.24) is 20.2 Å². The number of amides is 2. The van der Waals surface area contributed by atoms with Gasteiger partial charge in [0.05, 0.1) is 18.5 Å². The minimum absolute atomic E-state index is 0.259. The molecule has 1 aromatic heterocycles. The third-order valence-corrected chi connectivity index (χ3v) is 4.20. The SMILES string of the molecule is CC(O)C(NC(=O)C1CCCN1C(=O)C(N)Cc1cnc[nH]1)C(=O)O. The zero-order valence-corrected chi connectivity index (χ0v) is 13.9. The summed E-state index contributed by atoms with van der Waals surface area (Å²) >= 11 is 0. The summed E-state index contributed by atoms with van der Waals surface area (Å²) in [5, 5.41) is 20.8. The number of aliphatic hydroxyl groups is 1. The Bertz CT molecular complexity index is 618. The van der Waals surface area contributed by atoms with Crippen LogP contribution in [0.4, 0.5) is 0 Å². The molecular formula is C15H23N5O5. The first kappa shape index (κ1) is 18.9. The Morgan fingerprint density at radius 1 is 1.52 bits per heavy atom. The van der Waals surface area contributed by atoms with E-state index in [1.807, 2.05) is 0 Å². The van der Waals surface area contributed by atoms with Crippen molar-refractivity contribution in [2.75, 3.05) is 6.54 Å². The van der Waals surface area contributed by atoms with Crippen molar-refractivity contribution in [1.29, 1.82) is 0 Å². The molecule has 0 aromatic carbocycles. The van der Waals surface area contributed by atoms with Crippen LogP contribution in [0.25, 0.3) is 0 Å². The number of H-pyrrole nitrogens is 1. The molecule has 2 amide bonds. The van der Waals surface area contributed by atoms with Gasteiger partial charge in [0, 0.05) is 24.9 Å². The number of aromatic nitrogens is 2. The number of hydrogen-bond acceptors (Lipinski definition) is 6. The van der Waals surface area contributed by atoms with E-state index in [4.69, 9.17) is 10.8 Å². The number of nitrogens with two attached hydrogens (primary N) is 1. The number of aliphatic carboxylic acids is 1. The molecule has 1 fully saturated rings. The summed E-state index contributed by atoms with van der Waals surface area (Å²) in [6.07, 6.45) is 3.10. The number of aromatic amines is 1. The average Bonchev–Trinajstić information content (AvgIpc) is 3.22. The Labute approximate surface area is 144 Å². The zero-order chi connectivity index (χ0) is 18.6. The first-order chi connectivity index (χ1) is 11.8. The highest BCUT2D eigenvalue weighted by molar-refractivity contribution is 5.92. The van der Waals surface area contributed by atoms with Crippen LogP contribution >= 0.6 is 0 Å². The molecule has 0 aliphatic carbocycles. The second-order valence-corrected chi connectivity index (χ2v) is 6.14. The molecule has 4 unspecified atom stereocenters. The lowest BCUT2D eigenvalue weighted by atomic mass is 10.1. The Morgan fingerprint density at radius 3 is 2.80 bits per heavy atom. The van der Waals surface area contributed by atoms with Crippen LogP contribution in [0.2, 0.25) is 0 Å². The highest BCUT2D eigenvalue weighted by Crippen LogP contribution is 2.19. The Balaban J connectivity index is 2.01. The normalized spacial score (nSPS) is 20.8. The van der Waals surface area contributed by atoms with Gasteiger partial charge in [-0.1, -0.05) is 0 Å². The van der Waals surface area contributed by atoms with Crippen molar-refractivity contribution in [3.63, 3.8) is 0 Å². The quantitative estimate of drug-likeness (QED) is 0.387. The molecule has 1 aliphatic rings. The van der Waals surface area contributed by atoms with E-state index < -0.39 is 36.1 Å². The van der Waals surface area contributed by atoms with Crippen LogP contribution < -0.4 is 11.1 Å². The van der Waals surface area contributed by atoms with Crippen molar-refractivity contribution >= 4 is 17.8 Å². The molecule has 2 heterocycles. The van der Waals surface area contributed by atoms with Crippen LogP contribution in [0.15, 0.2) is 12.5 Å². The summed E-state index contributed by atoms with van der Waals surface area (Å²) in [5.74, 6) is -2.32. The van der Waals surface area contributed by atoms with E-state index in [9.17, 15) is 19.5 Å². The number of carboxylic acid groups (broad SMARTS) is 1. The lowest BCUT2D eigenvalue weighted by Crippen LogP contribution is -2.56. The fourth-order valence-corrected chi connectivity index (χ4v) is 2.87. The van der Waals surface area contributed by atoms with E-state index in [2.05, 4.69) is 15.3 Å². The molecule has 10 nitrogen and oxygen atoms in total. The van der Waals surface area contributed by atoms with E-state index in [0.29, 0.717) is 25.1 Å². The Morgan fingerprint density at radius 2 is 2.24 bits per heavy atom. The first-order valence-electron chi connectivity index (χ1n) is 8.05. The van der Waals surface area contributed by atoms with Gasteiger partial charge < -0.3 is 31.1 Å². The molecule has 1 aromatic rings. The Hall–Kier alpha value is -2.46. The van der Waals surface area contributed by atoms with Crippen LogP contribution in [-0.2, 0) is 20.8 Å². The number of aliphatic hydroxyl groups excluding tert-OH is 1. The molecule has 1 aliphatic heterocycles. The minimum atomic E-state index is -1.43. The smallest absolute Gasteiger partial charge is 0.328 e. The molecule has 10 heteroatoms. The zero-order valence-electron chi connectivity index (χ0n) is 13.9. The van der Waals surface area contributed by atoms with Crippen molar-refractivity contribution < 1.29 is 24.6 Å². The third-order valence-electron chi connectivity index (χ3n) is 4.20. The molecule has 2 rings (SSSR count). The summed E-state index contributed by atoms with van der Waals surface area (Å²) < 4.78 is 0. The lowest BCUT2D eigenvalue weighted by molar-refractivity contribution is -0.146. The predicted molar refractivity (Wildman–Crippen MR) is 86.2 cm³/mol. The number of carbonyl (C=O) groups excluding carboxylic acids is 2. The number of imidazole rings is 1. The van der Waals surface area contributed by atoms with E-state index in [-0.39, 0.29) is 12.3 Å². The number of nitrogens with zero attached hydrogens (tertiary/aromatic N) is 2. The van der Waals surface area contributed by atoms with Gasteiger partial charge in [-0.05, 0) is 19.8 Å². The predicted octanol–water partition coefficient (Wildman–Crippen LogP) is -1.78. The standard InChI is InChI=1S/C15H23N5O5/c1-8(21)12(15(24)25)19-13(22)11-3-2-4-20(11)14(23)10(16)5-9-6-17-7-18-9/h6-8,10-12,21H,2-5,16H2,1H3,(H,17,18)(H,19,22)(H,24,25). The van der Waals surface area contributed by atoms with Crippen LogP contribution in [-0.4, -0.2) is 73.6 Å². The summed E-state index contributed by atoms with van der Waals surface area (Å²) in [5.41, 5.74) is 6.65. The highest BCUT2D eigenvalue weighted by atomic mass is 16.4. The molecule has 138 valence electrons. The minimum Gasteiger partial charge on any atom is -0.480 e. The maximum Gasteiger partial charge on any atom is 0.328 e. The fraction of sp³-hybridized carbons (Fsp3) is 0.600. The number of carboxylic acids is 1. The third kappa shape index (κ3) is 4.54. The van der Waals surface area contributed by atoms with E-state index in [0.717, 1.165) is 0 Å². The van der Waals surface area contributed by atoms with Gasteiger partial charge in [-0.15, -0.1) is 0 Å². The van der Waals surface area contributed by atoms with Gasteiger partial charge in [0.1, 0.15) is 6.04 Å². The van der Waals surface area contributed by atoms with Crippen molar-refractivity contribution in [2.24, 2.45) is 5.73 Å². The molecule has 1 saturated heterocycles. The number of nitrogens with one attached hydrogen (secondary N) is 2. The van der Waals surface area contributed by atoms with E-state index in [1.165, 1.54) is 18.2 Å². The second-order valence-electron chi connectivity index (χ2n) is 6.14. The summed E-state index contributed by atoms with van der Waals surface area (Å²) in [6, 6.07) is -3.05. The molecule has 0 radical (unpaired) electrons. The van der Waals surface area contributed by atoms with Crippen molar-refractivity contribution in [3.05, 3.63) is 18.2 Å². The van der Waals surface area contributed by atoms with Gasteiger partial charge in [-0.25, -0.2) is 9.78 Å². The number of rotatable bonds is 7. The first-order valence-corrected chi connectivity index (χ1v) is 8.05. The molecule has 0 bridgehead atoms. The summed E-state index contributed by atoms with van der Waals surface area (Å²) in [4.78, 5) is 44.1. The second kappa shape index (κ2) is 8.08. The Kier molecular flexibility index (Phi) is 6.10. The molecule has 0 spiro atoms. The molecule has 0 saturated carbocycles. The van der Waals surface area contributed by atoms with Crippen molar-refractivity contribution in [2.45, 2.75) is 50.4 Å². The van der Waals surface area contributed by atoms with Crippen molar-refractivity contribution in [3.8, 4) is 0 Å². The summed E-state index contributed by atoms with van der Waals surface area (Å²) in [6.45, 7) is 1.65. The van der Waals surface area contributed by atoms with E-state index >= 15 is 0 Å². The average molecular weight is 353 g/mol. The van der Waals surface area contributed by atoms with Crippen LogP contribution in [0.3, 0.4) is 0 Å². The van der Waals surface area contributed by atoms with Crippen LogP contribution in [0.5, 0.6) is 0 Å². The largest absolute Gasteiger partial charge is 0.480 e. The molecule has 4 atom stereocenters. The van der Waals surface area contributed by atoms with Crippen LogP contribution in [0, 0.1) is 0 Å². The number of likely N-dealkylation sites (tertiary alicyclic amines) is 1. The topological polar surface area (TPSA) is 162 Å². The summed E-state index contributed by atoms with van der Waals surface area (Å²) in [7, 11) is 0. The van der Waals surface area contributed by atoms with Crippen LogP contribution in [0.1, 0.15) is 25.5 Å². The van der Waals surface area contributed by atoms with Gasteiger partial charge in [-0.3, -0.25) is 9.59 Å². The number of hydrogen-bond donors (Lipinski definition) is 5. The molecule has 6 N–H and O–H groups in total. The fourth-order valence-electron chi connectivity index (χ4n) is 2.87. The van der Waals surface area contributed by atoms with Gasteiger partial charge in [0.15, 0.2) is 6.04 Å². The number of carbonyl (C=O) groups is 3. The van der Waals surface area contributed by atoms with Gasteiger partial charge in [0.25, 0.3) is 0 Å². The molecule has 25 heavy (non-hydrogen) atoms. The van der Waals surface area contributed by atoms with E-state index in [1.54, 1.807) is 6.20 Å².